The maximum Gasteiger partial charge on any atom is 0.418 e. The van der Waals surface area contributed by atoms with E-state index in [0.29, 0.717) is 0 Å². The van der Waals surface area contributed by atoms with Gasteiger partial charge in [-0.25, -0.2) is 0 Å². The first-order valence-corrected chi connectivity index (χ1v) is 2.67. The zero-order chi connectivity index (χ0) is 7.78. The van der Waals surface area contributed by atoms with E-state index in [-0.39, 0.29) is 5.70 Å². The molecule has 0 aliphatic carbocycles. The van der Waals surface area contributed by atoms with Gasteiger partial charge in [0.25, 0.3) is 0 Å². The van der Waals surface area contributed by atoms with Crippen LogP contribution in [-0.2, 0) is 0 Å². The monoisotopic (exact) mass is 148 g/mol. The van der Waals surface area contributed by atoms with Gasteiger partial charge in [-0.2, -0.15) is 13.2 Å². The number of allylic oxidation sites excluding steroid dienone is 3. The van der Waals surface area contributed by atoms with E-state index >= 15 is 0 Å². The fourth-order valence-electron chi connectivity index (χ4n) is 0.713. The smallest absolute Gasteiger partial charge is 0.261 e. The summed E-state index contributed by atoms with van der Waals surface area (Å²) < 4.78 is 35.5. The van der Waals surface area contributed by atoms with Gasteiger partial charge in [0.1, 0.15) is 0 Å². The minimum Gasteiger partial charge on any atom is -0.261 e. The molecule has 0 fully saturated rings. The van der Waals surface area contributed by atoms with Crippen molar-refractivity contribution in [2.45, 2.75) is 13.1 Å². The van der Waals surface area contributed by atoms with Crippen LogP contribution in [0.25, 0.3) is 0 Å². The molecule has 0 amide bonds. The highest BCUT2D eigenvalue weighted by Crippen LogP contribution is 2.30. The lowest BCUT2D eigenvalue weighted by molar-refractivity contribution is -0.0887. The van der Waals surface area contributed by atoms with E-state index in [1.165, 1.54) is 6.92 Å². The lowest BCUT2D eigenvalue weighted by Gasteiger charge is -2.05. The maximum absolute atomic E-state index is 11.8. The van der Waals surface area contributed by atoms with Gasteiger partial charge in [0.15, 0.2) is 0 Å². The Kier molecular flexibility index (Phi) is 1.46. The van der Waals surface area contributed by atoms with Crippen LogP contribution in [0.1, 0.15) is 6.92 Å². The van der Waals surface area contributed by atoms with Crippen LogP contribution in [0.5, 0.6) is 0 Å². The molecule has 0 bridgehead atoms. The summed E-state index contributed by atoms with van der Waals surface area (Å²) in [6.07, 6.45) is -2.13. The van der Waals surface area contributed by atoms with Crippen LogP contribution in [0.4, 0.5) is 13.2 Å². The minimum atomic E-state index is -4.25. The topological polar surface area (TPSA) is 14.1 Å². The first-order chi connectivity index (χ1) is 4.52. The van der Waals surface area contributed by atoms with E-state index in [2.05, 4.69) is 5.32 Å². The summed E-state index contributed by atoms with van der Waals surface area (Å²) in [5, 5.41) is 3.46. The van der Waals surface area contributed by atoms with Gasteiger partial charge in [0.05, 0.1) is 5.57 Å². The molecule has 1 radical (unpaired) electrons. The Morgan fingerprint density at radius 2 is 2.00 bits per heavy atom. The fraction of sp³-hybridized carbons (Fsp3) is 0.333. The van der Waals surface area contributed by atoms with Crippen molar-refractivity contribution in [2.24, 2.45) is 0 Å². The van der Waals surface area contributed by atoms with Crippen LogP contribution in [0, 0.1) is 0 Å². The van der Waals surface area contributed by atoms with Gasteiger partial charge in [-0.15, -0.1) is 0 Å². The number of rotatable bonds is 0. The Labute approximate surface area is 56.2 Å². The molecule has 0 spiro atoms. The molecule has 1 aliphatic heterocycles. The van der Waals surface area contributed by atoms with Gasteiger partial charge in [0.2, 0.25) is 0 Å². The number of nitrogens with zero attached hydrogens (tertiary/aromatic N) is 1. The maximum atomic E-state index is 11.8. The summed E-state index contributed by atoms with van der Waals surface area (Å²) in [5.74, 6) is 0. The average molecular weight is 148 g/mol. The molecule has 4 heteroatoms. The average Bonchev–Trinajstić information content (AvgIpc) is 2.11. The van der Waals surface area contributed by atoms with Crippen LogP contribution in [0.2, 0.25) is 0 Å². The van der Waals surface area contributed by atoms with E-state index < -0.39 is 11.7 Å². The zero-order valence-corrected chi connectivity index (χ0v) is 5.24. The number of hydrogen-bond acceptors (Lipinski definition) is 0. The molecule has 1 rings (SSSR count). The summed E-state index contributed by atoms with van der Waals surface area (Å²) in [6.45, 7) is 1.34. The van der Waals surface area contributed by atoms with Gasteiger partial charge in [-0.3, -0.25) is 5.32 Å². The zero-order valence-electron chi connectivity index (χ0n) is 5.24. The van der Waals surface area contributed by atoms with Crippen LogP contribution >= 0.6 is 0 Å². The summed E-state index contributed by atoms with van der Waals surface area (Å²) in [7, 11) is 0. The summed E-state index contributed by atoms with van der Waals surface area (Å²) in [5.41, 5.74) is -0.611. The third kappa shape index (κ3) is 1.15. The second kappa shape index (κ2) is 2.04. The summed E-state index contributed by atoms with van der Waals surface area (Å²) >= 11 is 0. The molecule has 1 aliphatic rings. The molecular weight excluding hydrogens is 143 g/mol. The SMILES string of the molecule is CC1=C(C(F)(F)F)C=C[N]1. The first-order valence-electron chi connectivity index (χ1n) is 2.67. The van der Waals surface area contributed by atoms with Gasteiger partial charge >= 0.3 is 6.18 Å². The highest BCUT2D eigenvalue weighted by molar-refractivity contribution is 5.33. The van der Waals surface area contributed by atoms with Crippen molar-refractivity contribution in [1.29, 1.82) is 0 Å². The third-order valence-electron chi connectivity index (χ3n) is 1.20. The van der Waals surface area contributed by atoms with Crippen LogP contribution in [0.15, 0.2) is 23.5 Å². The predicted octanol–water partition coefficient (Wildman–Crippen LogP) is 1.95. The molecule has 0 atom stereocenters. The first kappa shape index (κ1) is 7.18. The molecule has 0 aromatic carbocycles. The second-order valence-corrected chi connectivity index (χ2v) is 1.94. The molecule has 0 N–H and O–H groups in total. The molecular formula is C6H5F3N. The summed E-state index contributed by atoms with van der Waals surface area (Å²) in [4.78, 5) is 0. The number of hydrogen-bond donors (Lipinski definition) is 0. The molecule has 0 saturated carbocycles. The molecule has 1 nitrogen and oxygen atoms in total. The Balaban J connectivity index is 2.91. The highest BCUT2D eigenvalue weighted by Gasteiger charge is 2.35. The van der Waals surface area contributed by atoms with Crippen molar-refractivity contribution in [3.63, 3.8) is 0 Å². The molecule has 0 saturated heterocycles. The van der Waals surface area contributed by atoms with Crippen molar-refractivity contribution in [2.75, 3.05) is 0 Å². The van der Waals surface area contributed by atoms with Crippen LogP contribution < -0.4 is 5.32 Å². The molecule has 55 valence electrons. The summed E-state index contributed by atoms with van der Waals surface area (Å²) in [6, 6.07) is 0. The third-order valence-corrected chi connectivity index (χ3v) is 1.20. The molecule has 10 heavy (non-hydrogen) atoms. The molecule has 1 heterocycles. The van der Waals surface area contributed by atoms with Gasteiger partial charge in [-0.1, -0.05) is 0 Å². The molecule has 0 aromatic rings. The number of alkyl halides is 3. The normalized spacial score (nSPS) is 18.0. The Morgan fingerprint density at radius 1 is 1.40 bits per heavy atom. The molecule has 0 aromatic heterocycles. The van der Waals surface area contributed by atoms with Crippen molar-refractivity contribution < 1.29 is 13.2 Å². The highest BCUT2D eigenvalue weighted by atomic mass is 19.4. The van der Waals surface area contributed by atoms with Crippen LogP contribution in [-0.4, -0.2) is 6.18 Å². The van der Waals surface area contributed by atoms with E-state index in [9.17, 15) is 13.2 Å². The van der Waals surface area contributed by atoms with Gasteiger partial charge in [-0.05, 0) is 13.0 Å². The predicted molar refractivity (Wildman–Crippen MR) is 30.0 cm³/mol. The number of halogens is 3. The van der Waals surface area contributed by atoms with Crippen molar-refractivity contribution in [3.05, 3.63) is 23.5 Å². The van der Waals surface area contributed by atoms with Gasteiger partial charge < -0.3 is 0 Å². The second-order valence-electron chi connectivity index (χ2n) is 1.94. The standard InChI is InChI=1S/C6H5F3N/c1-4-5(2-3-10-4)6(7,8)9/h2-3H,1H3. The quantitative estimate of drug-likeness (QED) is 0.498. The van der Waals surface area contributed by atoms with Crippen molar-refractivity contribution in [1.82, 2.24) is 5.32 Å². The van der Waals surface area contributed by atoms with E-state index in [0.717, 1.165) is 12.3 Å². The van der Waals surface area contributed by atoms with E-state index in [4.69, 9.17) is 0 Å². The van der Waals surface area contributed by atoms with E-state index in [1.54, 1.807) is 0 Å². The lowest BCUT2D eigenvalue weighted by atomic mass is 10.2. The van der Waals surface area contributed by atoms with Gasteiger partial charge in [0, 0.05) is 11.9 Å². The van der Waals surface area contributed by atoms with E-state index in [1.807, 2.05) is 0 Å². The lowest BCUT2D eigenvalue weighted by Crippen LogP contribution is -2.10. The minimum absolute atomic E-state index is 0.0347. The van der Waals surface area contributed by atoms with Crippen molar-refractivity contribution in [3.8, 4) is 0 Å². The van der Waals surface area contributed by atoms with Crippen LogP contribution in [0.3, 0.4) is 0 Å². The fourth-order valence-corrected chi connectivity index (χ4v) is 0.713. The van der Waals surface area contributed by atoms with Crippen molar-refractivity contribution >= 4 is 0 Å². The largest absolute Gasteiger partial charge is 0.418 e. The molecule has 0 unspecified atom stereocenters. The Morgan fingerprint density at radius 3 is 2.20 bits per heavy atom. The Hall–Kier alpha value is -0.930. The Bertz CT molecular complexity index is 200.